The van der Waals surface area contributed by atoms with E-state index in [1.165, 1.54) is 4.90 Å². The fourth-order valence-electron chi connectivity index (χ4n) is 3.13. The quantitative estimate of drug-likeness (QED) is 0.427. The largest absolute Gasteiger partial charge is 0.352 e. The summed E-state index contributed by atoms with van der Waals surface area (Å²) >= 11 is 15.6. The first kappa shape index (κ1) is 28.4. The first-order valence-electron chi connectivity index (χ1n) is 10.6. The second-order valence-corrected chi connectivity index (χ2v) is 11.7. The number of nitrogens with one attached hydrogen (secondary N) is 1. The van der Waals surface area contributed by atoms with Gasteiger partial charge in [-0.05, 0) is 56.2 Å². The van der Waals surface area contributed by atoms with Gasteiger partial charge in [0.25, 0.3) is 0 Å². The van der Waals surface area contributed by atoms with Gasteiger partial charge in [-0.3, -0.25) is 13.9 Å². The highest BCUT2D eigenvalue weighted by Crippen LogP contribution is 2.25. The first-order valence-corrected chi connectivity index (χ1v) is 14.0. The molecule has 0 saturated heterocycles. The van der Waals surface area contributed by atoms with Crippen LogP contribution >= 0.6 is 39.1 Å². The molecule has 11 heteroatoms. The van der Waals surface area contributed by atoms with Gasteiger partial charge in [-0.25, -0.2) is 8.42 Å². The van der Waals surface area contributed by atoms with Gasteiger partial charge in [0.05, 0.1) is 11.9 Å². The highest BCUT2D eigenvalue weighted by Gasteiger charge is 2.30. The van der Waals surface area contributed by atoms with Crippen molar-refractivity contribution in [3.8, 4) is 0 Å². The zero-order valence-corrected chi connectivity index (χ0v) is 23.3. The number of carbonyl (C=O) groups is 2. The molecule has 2 atom stereocenters. The maximum atomic E-state index is 13.5. The summed E-state index contributed by atoms with van der Waals surface area (Å²) in [5.74, 6) is -0.899. The molecule has 0 unspecified atom stereocenters. The van der Waals surface area contributed by atoms with Crippen molar-refractivity contribution in [2.75, 3.05) is 17.1 Å². The van der Waals surface area contributed by atoms with E-state index in [2.05, 4.69) is 21.2 Å². The zero-order valence-electron chi connectivity index (χ0n) is 19.4. The summed E-state index contributed by atoms with van der Waals surface area (Å²) in [6.07, 6.45) is 1.75. The SMILES string of the molecule is CC[C@H](C)NC(=O)[C@H](C)N(Cc1ccc(Cl)cc1Cl)C(=O)CN(c1cccc(Br)c1)S(C)(=O)=O. The molecule has 7 nitrogen and oxygen atoms in total. The van der Waals surface area contributed by atoms with E-state index in [9.17, 15) is 18.0 Å². The van der Waals surface area contributed by atoms with Gasteiger partial charge >= 0.3 is 0 Å². The Balaban J connectivity index is 2.42. The monoisotopic (exact) mass is 591 g/mol. The van der Waals surface area contributed by atoms with Crippen molar-refractivity contribution in [2.24, 2.45) is 0 Å². The van der Waals surface area contributed by atoms with Gasteiger partial charge in [0.15, 0.2) is 0 Å². The Hall–Kier alpha value is -1.81. The summed E-state index contributed by atoms with van der Waals surface area (Å²) in [7, 11) is -3.80. The van der Waals surface area contributed by atoms with E-state index in [0.29, 0.717) is 25.8 Å². The Labute approximate surface area is 219 Å². The van der Waals surface area contributed by atoms with Crippen molar-refractivity contribution in [3.63, 3.8) is 0 Å². The van der Waals surface area contributed by atoms with Gasteiger partial charge < -0.3 is 10.2 Å². The van der Waals surface area contributed by atoms with Crippen LogP contribution in [0.4, 0.5) is 5.69 Å². The molecular weight excluding hydrogens is 565 g/mol. The van der Waals surface area contributed by atoms with Crippen LogP contribution in [0.5, 0.6) is 0 Å². The summed E-state index contributed by atoms with van der Waals surface area (Å²) in [5, 5.41) is 3.65. The normalized spacial score (nSPS) is 13.1. The summed E-state index contributed by atoms with van der Waals surface area (Å²) in [6.45, 7) is 4.92. The first-order chi connectivity index (χ1) is 15.8. The predicted octanol–water partition coefficient (Wildman–Crippen LogP) is 4.85. The summed E-state index contributed by atoms with van der Waals surface area (Å²) in [4.78, 5) is 27.7. The number of nitrogens with zero attached hydrogens (tertiary/aromatic N) is 2. The molecule has 0 aromatic heterocycles. The van der Waals surface area contributed by atoms with Gasteiger partial charge in [0.1, 0.15) is 12.6 Å². The van der Waals surface area contributed by atoms with Crippen molar-refractivity contribution in [1.29, 1.82) is 0 Å². The maximum Gasteiger partial charge on any atom is 0.244 e. The van der Waals surface area contributed by atoms with E-state index in [1.54, 1.807) is 49.4 Å². The molecule has 2 aromatic carbocycles. The number of carbonyl (C=O) groups excluding carboxylic acids is 2. The predicted molar refractivity (Wildman–Crippen MR) is 141 cm³/mol. The third-order valence-electron chi connectivity index (χ3n) is 5.30. The average molecular weight is 593 g/mol. The minimum absolute atomic E-state index is 0.0000141. The molecule has 0 bridgehead atoms. The Morgan fingerprint density at radius 1 is 1.12 bits per heavy atom. The zero-order chi connectivity index (χ0) is 25.6. The summed E-state index contributed by atoms with van der Waals surface area (Å²) in [5.41, 5.74) is 0.905. The fourth-order valence-corrected chi connectivity index (χ4v) is 4.82. The van der Waals surface area contributed by atoms with Crippen LogP contribution in [0.15, 0.2) is 46.9 Å². The van der Waals surface area contributed by atoms with Crippen LogP contribution in [-0.4, -0.2) is 50.0 Å². The second-order valence-electron chi connectivity index (χ2n) is 8.00. The third-order valence-corrected chi connectivity index (χ3v) is 7.52. The van der Waals surface area contributed by atoms with E-state index >= 15 is 0 Å². The molecule has 2 aromatic rings. The Kier molecular flexibility index (Phi) is 10.2. The average Bonchev–Trinajstić information content (AvgIpc) is 2.75. The minimum Gasteiger partial charge on any atom is -0.352 e. The molecule has 0 spiro atoms. The lowest BCUT2D eigenvalue weighted by Crippen LogP contribution is -2.52. The van der Waals surface area contributed by atoms with Gasteiger partial charge in [-0.2, -0.15) is 0 Å². The van der Waals surface area contributed by atoms with Crippen molar-refractivity contribution in [3.05, 3.63) is 62.5 Å². The number of amides is 2. The van der Waals surface area contributed by atoms with Crippen LogP contribution in [0.3, 0.4) is 0 Å². The number of sulfonamides is 1. The van der Waals surface area contributed by atoms with E-state index in [1.807, 2.05) is 13.8 Å². The molecule has 0 aliphatic heterocycles. The van der Waals surface area contributed by atoms with Gasteiger partial charge in [-0.15, -0.1) is 0 Å². The highest BCUT2D eigenvalue weighted by atomic mass is 79.9. The molecule has 2 amide bonds. The summed E-state index contributed by atoms with van der Waals surface area (Å²) in [6, 6.07) is 10.5. The van der Waals surface area contributed by atoms with E-state index in [4.69, 9.17) is 23.2 Å². The Morgan fingerprint density at radius 2 is 1.79 bits per heavy atom. The molecule has 0 fully saturated rings. The molecule has 0 radical (unpaired) electrons. The summed E-state index contributed by atoms with van der Waals surface area (Å²) < 4.78 is 26.8. The molecule has 2 rings (SSSR count). The lowest BCUT2D eigenvalue weighted by atomic mass is 10.1. The van der Waals surface area contributed by atoms with Crippen LogP contribution in [0.1, 0.15) is 32.8 Å². The second kappa shape index (κ2) is 12.2. The molecule has 0 saturated carbocycles. The lowest BCUT2D eigenvalue weighted by molar-refractivity contribution is -0.139. The van der Waals surface area contributed by atoms with Crippen molar-refractivity contribution in [2.45, 2.75) is 45.8 Å². The smallest absolute Gasteiger partial charge is 0.244 e. The van der Waals surface area contributed by atoms with Gasteiger partial charge in [-0.1, -0.05) is 58.2 Å². The molecule has 186 valence electrons. The number of benzene rings is 2. The van der Waals surface area contributed by atoms with Crippen LogP contribution < -0.4 is 9.62 Å². The van der Waals surface area contributed by atoms with Gasteiger partial charge in [0.2, 0.25) is 21.8 Å². The highest BCUT2D eigenvalue weighted by molar-refractivity contribution is 9.10. The minimum atomic E-state index is -3.80. The van der Waals surface area contributed by atoms with E-state index in [0.717, 1.165) is 17.0 Å². The van der Waals surface area contributed by atoms with E-state index in [-0.39, 0.29) is 18.5 Å². The van der Waals surface area contributed by atoms with E-state index < -0.39 is 28.5 Å². The molecule has 34 heavy (non-hydrogen) atoms. The molecule has 1 N–H and O–H groups in total. The number of hydrogen-bond donors (Lipinski definition) is 1. The number of rotatable bonds is 10. The maximum absolute atomic E-state index is 13.5. The Bertz CT molecular complexity index is 1150. The molecular formula is C23H28BrCl2N3O4S. The van der Waals surface area contributed by atoms with Crippen LogP contribution in [-0.2, 0) is 26.2 Å². The van der Waals surface area contributed by atoms with Gasteiger partial charge in [0, 0.05) is 27.1 Å². The van der Waals surface area contributed by atoms with Crippen molar-refractivity contribution < 1.29 is 18.0 Å². The Morgan fingerprint density at radius 3 is 2.35 bits per heavy atom. The lowest BCUT2D eigenvalue weighted by Gasteiger charge is -2.32. The number of hydrogen-bond acceptors (Lipinski definition) is 4. The third kappa shape index (κ3) is 7.86. The molecule has 0 aliphatic rings. The standard InChI is InChI=1S/C23H28BrCl2N3O4S/c1-5-15(2)27-23(31)16(3)28(13-17-9-10-19(25)12-21(17)26)22(30)14-29(34(4,32)33)20-8-6-7-18(24)11-20/h6-12,15-16H,5,13-14H2,1-4H3,(H,27,31)/t15-,16-/m0/s1. The fraction of sp³-hybridized carbons (Fsp3) is 0.391. The molecule has 0 aliphatic carbocycles. The number of halogens is 3. The van der Waals surface area contributed by atoms with Crippen molar-refractivity contribution in [1.82, 2.24) is 10.2 Å². The topological polar surface area (TPSA) is 86.8 Å². The van der Waals surface area contributed by atoms with Crippen LogP contribution in [0.25, 0.3) is 0 Å². The van der Waals surface area contributed by atoms with Crippen LogP contribution in [0.2, 0.25) is 10.0 Å². The number of anilines is 1. The van der Waals surface area contributed by atoms with Crippen LogP contribution in [0, 0.1) is 0 Å². The van der Waals surface area contributed by atoms with Crippen molar-refractivity contribution >= 4 is 66.7 Å². The molecule has 0 heterocycles.